The van der Waals surface area contributed by atoms with Gasteiger partial charge in [-0.2, -0.15) is 0 Å². The molecule has 0 unspecified atom stereocenters. The molecule has 0 radical (unpaired) electrons. The molecular formula is C16H25N3O2. The number of nitrogens with one attached hydrogen (secondary N) is 2. The van der Waals surface area contributed by atoms with E-state index in [1.165, 1.54) is 5.56 Å². The van der Waals surface area contributed by atoms with Gasteiger partial charge in [-0.15, -0.1) is 0 Å². The van der Waals surface area contributed by atoms with Crippen molar-refractivity contribution in [1.82, 2.24) is 10.2 Å². The van der Waals surface area contributed by atoms with E-state index >= 15 is 0 Å². The summed E-state index contributed by atoms with van der Waals surface area (Å²) in [6.45, 7) is 8.20. The molecule has 116 valence electrons. The highest BCUT2D eigenvalue weighted by Gasteiger charge is 2.10. The van der Waals surface area contributed by atoms with Gasteiger partial charge in [0.15, 0.2) is 0 Å². The number of carbonyl (C=O) groups excluding carboxylic acids is 1. The Morgan fingerprint density at radius 2 is 1.95 bits per heavy atom. The summed E-state index contributed by atoms with van der Waals surface area (Å²) in [5, 5.41) is 6.06. The van der Waals surface area contributed by atoms with Gasteiger partial charge in [-0.25, -0.2) is 0 Å². The zero-order valence-electron chi connectivity index (χ0n) is 12.7. The molecule has 0 spiro atoms. The third kappa shape index (κ3) is 5.83. The number of benzene rings is 1. The zero-order valence-corrected chi connectivity index (χ0v) is 12.7. The van der Waals surface area contributed by atoms with E-state index in [2.05, 4.69) is 27.7 Å². The Balaban J connectivity index is 1.77. The molecule has 1 aromatic carbocycles. The lowest BCUT2D eigenvalue weighted by Gasteiger charge is -2.26. The fraction of sp³-hybridized carbons (Fsp3) is 0.562. The summed E-state index contributed by atoms with van der Waals surface area (Å²) in [7, 11) is 0. The van der Waals surface area contributed by atoms with E-state index in [9.17, 15) is 4.79 Å². The molecule has 1 amide bonds. The molecule has 0 bridgehead atoms. The highest BCUT2D eigenvalue weighted by atomic mass is 16.5. The molecule has 0 aliphatic carbocycles. The number of amides is 1. The Bertz CT molecular complexity index is 428. The average Bonchev–Trinajstić information content (AvgIpc) is 2.51. The van der Waals surface area contributed by atoms with Crippen LogP contribution in [0.1, 0.15) is 18.9 Å². The molecule has 1 aliphatic rings. The summed E-state index contributed by atoms with van der Waals surface area (Å²) in [4.78, 5) is 14.1. The van der Waals surface area contributed by atoms with Crippen molar-refractivity contribution < 1.29 is 9.53 Å². The van der Waals surface area contributed by atoms with Gasteiger partial charge < -0.3 is 15.4 Å². The molecule has 1 aromatic rings. The van der Waals surface area contributed by atoms with Gasteiger partial charge in [0.25, 0.3) is 0 Å². The molecule has 5 nitrogen and oxygen atoms in total. The zero-order chi connectivity index (χ0) is 14.9. The van der Waals surface area contributed by atoms with Crippen LogP contribution in [0.4, 0.5) is 5.69 Å². The number of rotatable bonds is 7. The molecule has 1 fully saturated rings. The first kappa shape index (κ1) is 15.9. The van der Waals surface area contributed by atoms with Gasteiger partial charge in [-0.3, -0.25) is 9.69 Å². The summed E-state index contributed by atoms with van der Waals surface area (Å²) < 4.78 is 5.35. The quantitative estimate of drug-likeness (QED) is 0.747. The second-order valence-corrected chi connectivity index (χ2v) is 5.24. The van der Waals surface area contributed by atoms with Crippen LogP contribution in [0, 0.1) is 0 Å². The minimum atomic E-state index is 0.0527. The van der Waals surface area contributed by atoms with Crippen LogP contribution in [0.5, 0.6) is 0 Å². The van der Waals surface area contributed by atoms with E-state index in [0.29, 0.717) is 6.42 Å². The number of nitrogens with zero attached hydrogens (tertiary/aromatic N) is 1. The maximum Gasteiger partial charge on any atom is 0.225 e. The van der Waals surface area contributed by atoms with Gasteiger partial charge in [-0.1, -0.05) is 19.1 Å². The third-order valence-corrected chi connectivity index (χ3v) is 3.53. The summed E-state index contributed by atoms with van der Waals surface area (Å²) in [5.74, 6) is 0.0527. The maximum absolute atomic E-state index is 11.7. The van der Waals surface area contributed by atoms with Crippen molar-refractivity contribution in [3.05, 3.63) is 29.8 Å². The van der Waals surface area contributed by atoms with Crippen LogP contribution in [0.15, 0.2) is 24.3 Å². The number of carbonyl (C=O) groups is 1. The van der Waals surface area contributed by atoms with Gasteiger partial charge in [0.05, 0.1) is 13.2 Å². The predicted molar refractivity (Wildman–Crippen MR) is 84.3 cm³/mol. The van der Waals surface area contributed by atoms with E-state index in [1.54, 1.807) is 0 Å². The van der Waals surface area contributed by atoms with Crippen LogP contribution in [-0.2, 0) is 16.1 Å². The topological polar surface area (TPSA) is 53.6 Å². The number of hydrogen-bond acceptors (Lipinski definition) is 4. The summed E-state index contributed by atoms with van der Waals surface area (Å²) in [6, 6.07) is 8.10. The van der Waals surface area contributed by atoms with Gasteiger partial charge in [-0.05, 0) is 24.2 Å². The van der Waals surface area contributed by atoms with Crippen molar-refractivity contribution >= 4 is 11.6 Å². The lowest BCUT2D eigenvalue weighted by molar-refractivity contribution is -0.116. The van der Waals surface area contributed by atoms with Gasteiger partial charge in [0, 0.05) is 38.3 Å². The maximum atomic E-state index is 11.7. The van der Waals surface area contributed by atoms with Crippen LogP contribution >= 0.6 is 0 Å². The van der Waals surface area contributed by atoms with E-state index in [-0.39, 0.29) is 5.91 Å². The molecule has 21 heavy (non-hydrogen) atoms. The highest BCUT2D eigenvalue weighted by Crippen LogP contribution is 2.12. The Hall–Kier alpha value is -1.43. The normalized spacial score (nSPS) is 15.9. The average molecular weight is 291 g/mol. The largest absolute Gasteiger partial charge is 0.379 e. The van der Waals surface area contributed by atoms with Crippen LogP contribution < -0.4 is 10.6 Å². The molecular weight excluding hydrogens is 266 g/mol. The smallest absolute Gasteiger partial charge is 0.225 e. The second kappa shape index (κ2) is 8.77. The first-order valence-corrected chi connectivity index (χ1v) is 7.67. The molecule has 1 aliphatic heterocycles. The van der Waals surface area contributed by atoms with E-state index in [0.717, 1.165) is 51.6 Å². The predicted octanol–water partition coefficient (Wildman–Crippen LogP) is 1.46. The monoisotopic (exact) mass is 291 g/mol. The van der Waals surface area contributed by atoms with Gasteiger partial charge >= 0.3 is 0 Å². The molecule has 0 aromatic heterocycles. The third-order valence-electron chi connectivity index (χ3n) is 3.53. The first-order chi connectivity index (χ1) is 10.3. The van der Waals surface area contributed by atoms with E-state index in [1.807, 2.05) is 19.1 Å². The lowest BCUT2D eigenvalue weighted by atomic mass is 10.2. The highest BCUT2D eigenvalue weighted by molar-refractivity contribution is 5.90. The van der Waals surface area contributed by atoms with Crippen LogP contribution in [0.2, 0.25) is 0 Å². The van der Waals surface area contributed by atoms with Crippen molar-refractivity contribution in [3.63, 3.8) is 0 Å². The summed E-state index contributed by atoms with van der Waals surface area (Å²) in [5.41, 5.74) is 2.13. The minimum Gasteiger partial charge on any atom is -0.379 e. The van der Waals surface area contributed by atoms with Crippen molar-refractivity contribution in [2.24, 2.45) is 0 Å². The molecule has 0 saturated carbocycles. The van der Waals surface area contributed by atoms with Crippen LogP contribution in [-0.4, -0.2) is 50.2 Å². The van der Waals surface area contributed by atoms with Crippen molar-refractivity contribution in [3.8, 4) is 0 Å². The van der Waals surface area contributed by atoms with Crippen molar-refractivity contribution in [2.45, 2.75) is 19.9 Å². The first-order valence-electron chi connectivity index (χ1n) is 7.67. The molecule has 5 heteroatoms. The van der Waals surface area contributed by atoms with Crippen molar-refractivity contribution in [2.75, 3.05) is 44.7 Å². The standard InChI is InChI=1S/C16H25N3O2/c1-2-17-8-7-16(20)18-15-5-3-14(4-6-15)13-19-9-11-21-12-10-19/h3-6,17H,2,7-13H2,1H3,(H,18,20). The van der Waals surface area contributed by atoms with Crippen LogP contribution in [0.25, 0.3) is 0 Å². The number of anilines is 1. The Kier molecular flexibility index (Phi) is 6.66. The molecule has 0 atom stereocenters. The summed E-state index contributed by atoms with van der Waals surface area (Å²) in [6.07, 6.45) is 0.503. The van der Waals surface area contributed by atoms with Gasteiger partial charge in [0.1, 0.15) is 0 Å². The molecule has 2 N–H and O–H groups in total. The van der Waals surface area contributed by atoms with E-state index < -0.39 is 0 Å². The Morgan fingerprint density at radius 3 is 2.62 bits per heavy atom. The van der Waals surface area contributed by atoms with E-state index in [4.69, 9.17) is 4.74 Å². The Morgan fingerprint density at radius 1 is 1.24 bits per heavy atom. The second-order valence-electron chi connectivity index (χ2n) is 5.24. The van der Waals surface area contributed by atoms with Gasteiger partial charge in [0.2, 0.25) is 5.91 Å². The minimum absolute atomic E-state index is 0.0527. The lowest BCUT2D eigenvalue weighted by Crippen LogP contribution is -2.35. The number of ether oxygens (including phenoxy) is 1. The molecule has 2 rings (SSSR count). The summed E-state index contributed by atoms with van der Waals surface area (Å²) >= 11 is 0. The number of morpholine rings is 1. The molecule has 1 heterocycles. The van der Waals surface area contributed by atoms with Crippen molar-refractivity contribution in [1.29, 1.82) is 0 Å². The molecule has 1 saturated heterocycles. The fourth-order valence-corrected chi connectivity index (χ4v) is 2.31. The SMILES string of the molecule is CCNCCC(=O)Nc1ccc(CN2CCOCC2)cc1. The number of hydrogen-bond donors (Lipinski definition) is 2. The Labute approximate surface area is 126 Å². The van der Waals surface area contributed by atoms with Crippen LogP contribution in [0.3, 0.4) is 0 Å². The fourth-order valence-electron chi connectivity index (χ4n) is 2.31.